The minimum atomic E-state index is -2.28. The summed E-state index contributed by atoms with van der Waals surface area (Å²) in [5.74, 6) is 0. The van der Waals surface area contributed by atoms with Gasteiger partial charge in [-0.25, -0.2) is 8.78 Å². The van der Waals surface area contributed by atoms with E-state index in [0.717, 1.165) is 5.56 Å². The van der Waals surface area contributed by atoms with Crippen LogP contribution >= 0.6 is 0 Å². The van der Waals surface area contributed by atoms with E-state index in [1.807, 2.05) is 24.3 Å². The first-order valence-electron chi connectivity index (χ1n) is 4.46. The molecule has 0 fully saturated rings. The van der Waals surface area contributed by atoms with Gasteiger partial charge < -0.3 is 5.73 Å². The third kappa shape index (κ3) is 3.66. The van der Waals surface area contributed by atoms with Crippen LogP contribution in [-0.4, -0.2) is 13.0 Å². The van der Waals surface area contributed by atoms with Gasteiger partial charge in [-0.3, -0.25) is 0 Å². The molecule has 0 spiro atoms. The third-order valence-electron chi connectivity index (χ3n) is 1.82. The fourth-order valence-corrected chi connectivity index (χ4v) is 1.15. The lowest BCUT2D eigenvalue weighted by molar-refractivity contribution is 0.149. The highest BCUT2D eigenvalue weighted by Crippen LogP contribution is 2.10. The van der Waals surface area contributed by atoms with Crippen molar-refractivity contribution in [2.75, 3.05) is 6.54 Å². The van der Waals surface area contributed by atoms with Crippen LogP contribution < -0.4 is 5.73 Å². The summed E-state index contributed by atoms with van der Waals surface area (Å²) in [6.45, 7) is 0.485. The van der Waals surface area contributed by atoms with E-state index in [1.54, 1.807) is 12.1 Å². The fourth-order valence-electron chi connectivity index (χ4n) is 1.15. The summed E-state index contributed by atoms with van der Waals surface area (Å²) in [5, 5.41) is 0. The van der Waals surface area contributed by atoms with E-state index < -0.39 is 6.43 Å². The van der Waals surface area contributed by atoms with Crippen molar-refractivity contribution in [2.24, 2.45) is 5.73 Å². The number of rotatable bonds is 4. The van der Waals surface area contributed by atoms with E-state index in [0.29, 0.717) is 12.1 Å². The predicted octanol–water partition coefficient (Wildman–Crippen LogP) is 2.47. The number of nitrogens with two attached hydrogens (primary N) is 1. The standard InChI is InChI=1S/C11H13F2N/c12-11(13)8-10-5-3-9(4-6-10)2-1-7-14/h1-6,11H,7-8,14H2/b2-1+. The van der Waals surface area contributed by atoms with Crippen molar-refractivity contribution >= 4 is 6.08 Å². The first-order valence-corrected chi connectivity index (χ1v) is 4.46. The van der Waals surface area contributed by atoms with E-state index in [4.69, 9.17) is 5.73 Å². The summed E-state index contributed by atoms with van der Waals surface area (Å²) in [6.07, 6.45) is 1.23. The maximum Gasteiger partial charge on any atom is 0.242 e. The lowest BCUT2D eigenvalue weighted by Crippen LogP contribution is -1.96. The monoisotopic (exact) mass is 197 g/mol. The van der Waals surface area contributed by atoms with Gasteiger partial charge in [-0.15, -0.1) is 0 Å². The molecule has 0 aliphatic carbocycles. The summed E-state index contributed by atoms with van der Waals surface area (Å²) >= 11 is 0. The molecule has 0 heterocycles. The van der Waals surface area contributed by atoms with Gasteiger partial charge in [-0.05, 0) is 11.1 Å². The van der Waals surface area contributed by atoms with Crippen LogP contribution in [0.25, 0.3) is 6.08 Å². The Labute approximate surface area is 82.2 Å². The van der Waals surface area contributed by atoms with E-state index in [9.17, 15) is 8.78 Å². The second kappa shape index (κ2) is 5.50. The van der Waals surface area contributed by atoms with Gasteiger partial charge in [0.05, 0.1) is 0 Å². The van der Waals surface area contributed by atoms with Crippen molar-refractivity contribution in [3.05, 3.63) is 41.5 Å². The molecule has 0 saturated carbocycles. The molecule has 0 unspecified atom stereocenters. The lowest BCUT2D eigenvalue weighted by Gasteiger charge is -2.00. The summed E-state index contributed by atoms with van der Waals surface area (Å²) in [4.78, 5) is 0. The minimum Gasteiger partial charge on any atom is -0.327 e. The van der Waals surface area contributed by atoms with Crippen LogP contribution in [0.2, 0.25) is 0 Å². The molecule has 1 aromatic rings. The number of hydrogen-bond acceptors (Lipinski definition) is 1. The molecule has 14 heavy (non-hydrogen) atoms. The quantitative estimate of drug-likeness (QED) is 0.788. The number of halogens is 2. The zero-order valence-corrected chi connectivity index (χ0v) is 7.79. The zero-order valence-electron chi connectivity index (χ0n) is 7.79. The number of alkyl halides is 2. The summed E-state index contributed by atoms with van der Waals surface area (Å²) < 4.78 is 24.0. The topological polar surface area (TPSA) is 26.0 Å². The molecule has 0 aliphatic heterocycles. The molecule has 0 radical (unpaired) electrons. The van der Waals surface area contributed by atoms with Crippen molar-refractivity contribution < 1.29 is 8.78 Å². The highest BCUT2D eigenvalue weighted by molar-refractivity contribution is 5.49. The van der Waals surface area contributed by atoms with Gasteiger partial charge in [-0.1, -0.05) is 36.4 Å². The molecular formula is C11H13F2N. The Morgan fingerprint density at radius 3 is 2.36 bits per heavy atom. The molecule has 0 aliphatic rings. The van der Waals surface area contributed by atoms with Gasteiger partial charge in [0, 0.05) is 13.0 Å². The number of hydrogen-bond donors (Lipinski definition) is 1. The molecule has 2 N–H and O–H groups in total. The highest BCUT2D eigenvalue weighted by atomic mass is 19.3. The minimum absolute atomic E-state index is 0.180. The van der Waals surface area contributed by atoms with Crippen molar-refractivity contribution in [1.29, 1.82) is 0 Å². The molecule has 1 rings (SSSR count). The third-order valence-corrected chi connectivity index (χ3v) is 1.82. The largest absolute Gasteiger partial charge is 0.327 e. The van der Waals surface area contributed by atoms with E-state index >= 15 is 0 Å². The Bertz CT molecular complexity index is 291. The van der Waals surface area contributed by atoms with Gasteiger partial charge in [0.1, 0.15) is 0 Å². The maximum absolute atomic E-state index is 12.0. The van der Waals surface area contributed by atoms with Crippen LogP contribution in [0.5, 0.6) is 0 Å². The van der Waals surface area contributed by atoms with Gasteiger partial charge in [0.15, 0.2) is 0 Å². The van der Waals surface area contributed by atoms with Crippen LogP contribution in [0.1, 0.15) is 11.1 Å². The van der Waals surface area contributed by atoms with Crippen molar-refractivity contribution in [1.82, 2.24) is 0 Å². The molecule has 1 nitrogen and oxygen atoms in total. The van der Waals surface area contributed by atoms with E-state index in [1.165, 1.54) is 0 Å². The first kappa shape index (κ1) is 10.9. The Morgan fingerprint density at radius 1 is 1.21 bits per heavy atom. The van der Waals surface area contributed by atoms with E-state index in [-0.39, 0.29) is 6.42 Å². The average Bonchev–Trinajstić information content (AvgIpc) is 2.16. The van der Waals surface area contributed by atoms with Gasteiger partial charge >= 0.3 is 0 Å². The van der Waals surface area contributed by atoms with Gasteiger partial charge in [0.25, 0.3) is 0 Å². The van der Waals surface area contributed by atoms with Crippen LogP contribution in [0.15, 0.2) is 30.3 Å². The Balaban J connectivity index is 2.64. The van der Waals surface area contributed by atoms with Crippen molar-refractivity contribution in [3.63, 3.8) is 0 Å². The normalized spacial score (nSPS) is 11.4. The maximum atomic E-state index is 12.0. The van der Waals surface area contributed by atoms with Gasteiger partial charge in [-0.2, -0.15) is 0 Å². The van der Waals surface area contributed by atoms with Crippen LogP contribution in [0, 0.1) is 0 Å². The molecule has 1 aromatic carbocycles. The van der Waals surface area contributed by atoms with Crippen molar-refractivity contribution in [3.8, 4) is 0 Å². The average molecular weight is 197 g/mol. The summed E-state index contributed by atoms with van der Waals surface area (Å²) in [7, 11) is 0. The second-order valence-electron chi connectivity index (χ2n) is 2.97. The number of benzene rings is 1. The summed E-state index contributed by atoms with van der Waals surface area (Å²) in [6, 6.07) is 7.04. The molecule has 0 atom stereocenters. The first-order chi connectivity index (χ1) is 6.72. The molecule has 0 bridgehead atoms. The zero-order chi connectivity index (χ0) is 10.4. The molecule has 0 saturated heterocycles. The smallest absolute Gasteiger partial charge is 0.242 e. The van der Waals surface area contributed by atoms with Crippen molar-refractivity contribution in [2.45, 2.75) is 12.8 Å². The van der Waals surface area contributed by atoms with Crippen LogP contribution in [0.4, 0.5) is 8.78 Å². The predicted molar refractivity (Wildman–Crippen MR) is 54.2 cm³/mol. The Morgan fingerprint density at radius 2 is 1.86 bits per heavy atom. The summed E-state index contributed by atoms with van der Waals surface area (Å²) in [5.41, 5.74) is 6.92. The SMILES string of the molecule is NC/C=C/c1ccc(CC(F)F)cc1. The molecule has 3 heteroatoms. The van der Waals surface area contributed by atoms with E-state index in [2.05, 4.69) is 0 Å². The molecular weight excluding hydrogens is 184 g/mol. The Kier molecular flexibility index (Phi) is 4.26. The van der Waals surface area contributed by atoms with Crippen LogP contribution in [0.3, 0.4) is 0 Å². The fraction of sp³-hybridized carbons (Fsp3) is 0.273. The van der Waals surface area contributed by atoms with Crippen LogP contribution in [-0.2, 0) is 6.42 Å². The highest BCUT2D eigenvalue weighted by Gasteiger charge is 2.03. The molecule has 76 valence electrons. The lowest BCUT2D eigenvalue weighted by atomic mass is 10.1. The molecule has 0 amide bonds. The second-order valence-corrected chi connectivity index (χ2v) is 2.97. The Hall–Kier alpha value is -1.22. The van der Waals surface area contributed by atoms with Gasteiger partial charge in [0.2, 0.25) is 6.43 Å². The molecule has 0 aromatic heterocycles.